The van der Waals surface area contributed by atoms with Gasteiger partial charge in [-0.2, -0.15) is 0 Å². The average molecular weight is 465 g/mol. The van der Waals surface area contributed by atoms with E-state index in [0.29, 0.717) is 36.8 Å². The number of hydrogen-bond acceptors (Lipinski definition) is 5. The molecule has 7 nitrogen and oxygen atoms in total. The molecule has 31 heavy (non-hydrogen) atoms. The van der Waals surface area contributed by atoms with Crippen LogP contribution in [0.4, 0.5) is 0 Å². The minimum atomic E-state index is -3.77. The lowest BCUT2D eigenvalue weighted by molar-refractivity contribution is 0.0735. The monoisotopic (exact) mass is 464 g/mol. The molecule has 2 heterocycles. The third kappa shape index (κ3) is 4.24. The Labute approximate surface area is 187 Å². The zero-order valence-corrected chi connectivity index (χ0v) is 19.1. The largest absolute Gasteiger partial charge is 0.490 e. The maximum Gasteiger partial charge on any atom is 0.254 e. The van der Waals surface area contributed by atoms with Crippen molar-refractivity contribution in [2.24, 2.45) is 0 Å². The van der Waals surface area contributed by atoms with E-state index in [1.165, 1.54) is 26.2 Å². The van der Waals surface area contributed by atoms with Gasteiger partial charge < -0.3 is 14.4 Å². The molecule has 1 amide bonds. The first-order valence-electron chi connectivity index (χ1n) is 10.2. The highest BCUT2D eigenvalue weighted by atomic mass is 35.5. The summed E-state index contributed by atoms with van der Waals surface area (Å²) < 4.78 is 37.8. The number of benzene rings is 2. The molecular formula is C22H25ClN2O5S. The van der Waals surface area contributed by atoms with Crippen molar-refractivity contribution in [1.82, 2.24) is 9.21 Å². The summed E-state index contributed by atoms with van der Waals surface area (Å²) in [6.45, 7) is 1.81. The number of carbonyl (C=O) groups excluding carboxylic acids is 1. The van der Waals surface area contributed by atoms with Gasteiger partial charge in [0.25, 0.3) is 5.91 Å². The Morgan fingerprint density at radius 2 is 1.81 bits per heavy atom. The van der Waals surface area contributed by atoms with Gasteiger partial charge in [-0.3, -0.25) is 4.79 Å². The van der Waals surface area contributed by atoms with Crippen LogP contribution in [0.5, 0.6) is 11.5 Å². The molecule has 0 N–H and O–H groups in total. The van der Waals surface area contributed by atoms with Crippen LogP contribution in [-0.2, 0) is 10.0 Å². The first-order valence-corrected chi connectivity index (χ1v) is 12.0. The van der Waals surface area contributed by atoms with Crippen LogP contribution in [0.25, 0.3) is 0 Å². The molecule has 2 aliphatic rings. The zero-order valence-electron chi connectivity index (χ0n) is 17.5. The van der Waals surface area contributed by atoms with Crippen molar-refractivity contribution in [2.75, 3.05) is 33.9 Å². The molecule has 4 rings (SSSR count). The summed E-state index contributed by atoms with van der Waals surface area (Å²) in [6, 6.07) is 10.1. The summed E-state index contributed by atoms with van der Waals surface area (Å²) in [5.74, 6) is 1.19. The van der Waals surface area contributed by atoms with Crippen molar-refractivity contribution in [3.05, 3.63) is 52.5 Å². The number of halogens is 1. The Morgan fingerprint density at radius 3 is 2.55 bits per heavy atom. The number of hydrogen-bond donors (Lipinski definition) is 0. The molecule has 2 aromatic rings. The van der Waals surface area contributed by atoms with E-state index in [-0.39, 0.29) is 21.9 Å². The Bertz CT molecular complexity index is 1100. The fraction of sp³-hybridized carbons (Fsp3) is 0.409. The minimum absolute atomic E-state index is 0.0728. The van der Waals surface area contributed by atoms with E-state index in [1.807, 2.05) is 18.2 Å². The Kier molecular flexibility index (Phi) is 6.14. The second-order valence-electron chi connectivity index (χ2n) is 7.85. The molecule has 1 fully saturated rings. The van der Waals surface area contributed by atoms with Crippen molar-refractivity contribution in [3.63, 3.8) is 0 Å². The van der Waals surface area contributed by atoms with Crippen molar-refractivity contribution in [2.45, 2.75) is 30.2 Å². The highest BCUT2D eigenvalue weighted by Crippen LogP contribution is 2.39. The number of amides is 1. The highest BCUT2D eigenvalue weighted by molar-refractivity contribution is 7.89. The topological polar surface area (TPSA) is 76.2 Å². The lowest BCUT2D eigenvalue weighted by Gasteiger charge is -2.26. The maximum absolute atomic E-state index is 13.4. The number of fused-ring (bicyclic) bond motifs is 1. The number of rotatable bonds is 4. The van der Waals surface area contributed by atoms with E-state index in [2.05, 4.69) is 0 Å². The molecule has 0 aromatic heterocycles. The van der Waals surface area contributed by atoms with Crippen molar-refractivity contribution in [1.29, 1.82) is 0 Å². The fourth-order valence-electron chi connectivity index (χ4n) is 3.94. The van der Waals surface area contributed by atoms with Crippen LogP contribution in [0, 0.1) is 0 Å². The zero-order chi connectivity index (χ0) is 22.2. The Balaban J connectivity index is 1.64. The van der Waals surface area contributed by atoms with Gasteiger partial charge in [-0.25, -0.2) is 12.7 Å². The molecule has 1 unspecified atom stereocenters. The van der Waals surface area contributed by atoms with E-state index in [9.17, 15) is 13.2 Å². The lowest BCUT2D eigenvalue weighted by Crippen LogP contribution is -2.31. The smallest absolute Gasteiger partial charge is 0.254 e. The molecule has 1 atom stereocenters. The summed E-state index contributed by atoms with van der Waals surface area (Å²) >= 11 is 6.14. The van der Waals surface area contributed by atoms with Gasteiger partial charge in [0.1, 0.15) is 4.90 Å². The second kappa shape index (κ2) is 8.68. The summed E-state index contributed by atoms with van der Waals surface area (Å²) in [5, 5.41) is 0.0890. The molecule has 0 spiro atoms. The van der Waals surface area contributed by atoms with Crippen molar-refractivity contribution < 1.29 is 22.7 Å². The fourth-order valence-corrected chi connectivity index (χ4v) is 5.33. The van der Waals surface area contributed by atoms with Gasteiger partial charge in [0.15, 0.2) is 11.5 Å². The van der Waals surface area contributed by atoms with E-state index < -0.39 is 10.0 Å². The van der Waals surface area contributed by atoms with Crippen LogP contribution in [0.2, 0.25) is 5.02 Å². The number of nitrogens with zero attached hydrogens (tertiary/aromatic N) is 2. The van der Waals surface area contributed by atoms with E-state index in [4.69, 9.17) is 21.1 Å². The molecule has 2 aliphatic heterocycles. The summed E-state index contributed by atoms with van der Waals surface area (Å²) in [4.78, 5) is 15.1. The van der Waals surface area contributed by atoms with E-state index in [1.54, 1.807) is 11.0 Å². The molecule has 166 valence electrons. The summed E-state index contributed by atoms with van der Waals surface area (Å²) in [6.07, 6.45) is 2.51. The number of carbonyl (C=O) groups is 1. The normalized spacial score (nSPS) is 18.8. The van der Waals surface area contributed by atoms with Crippen LogP contribution in [0.1, 0.15) is 41.2 Å². The third-order valence-corrected chi connectivity index (χ3v) is 7.90. The van der Waals surface area contributed by atoms with Gasteiger partial charge in [0.05, 0.1) is 24.3 Å². The predicted octanol–water partition coefficient (Wildman–Crippen LogP) is 3.73. The highest BCUT2D eigenvalue weighted by Gasteiger charge is 2.32. The molecule has 9 heteroatoms. The molecule has 0 aliphatic carbocycles. The molecule has 0 radical (unpaired) electrons. The molecular weight excluding hydrogens is 440 g/mol. The van der Waals surface area contributed by atoms with Crippen LogP contribution in [0.3, 0.4) is 0 Å². The van der Waals surface area contributed by atoms with E-state index >= 15 is 0 Å². The quantitative estimate of drug-likeness (QED) is 0.689. The first-order chi connectivity index (χ1) is 14.8. The van der Waals surface area contributed by atoms with Gasteiger partial charge in [0.2, 0.25) is 10.0 Å². The van der Waals surface area contributed by atoms with Crippen LogP contribution in [-0.4, -0.2) is 57.4 Å². The van der Waals surface area contributed by atoms with Gasteiger partial charge in [0, 0.05) is 32.6 Å². The minimum Gasteiger partial charge on any atom is -0.490 e. The van der Waals surface area contributed by atoms with Crippen LogP contribution >= 0.6 is 11.6 Å². The van der Waals surface area contributed by atoms with Gasteiger partial charge >= 0.3 is 0 Å². The molecule has 0 saturated carbocycles. The van der Waals surface area contributed by atoms with Crippen molar-refractivity contribution in [3.8, 4) is 11.5 Å². The summed E-state index contributed by atoms with van der Waals surface area (Å²) in [5.41, 5.74) is 1.27. The molecule has 2 aromatic carbocycles. The molecule has 0 bridgehead atoms. The Hall–Kier alpha value is -2.29. The maximum atomic E-state index is 13.4. The van der Waals surface area contributed by atoms with E-state index in [0.717, 1.165) is 29.1 Å². The average Bonchev–Trinajstić information content (AvgIpc) is 3.12. The lowest BCUT2D eigenvalue weighted by atomic mass is 10.0. The third-order valence-electron chi connectivity index (χ3n) is 5.61. The standard InChI is InChI=1S/C22H25ClN2O5S/c1-24(2)31(27,28)21-14-16(6-8-17(21)23)22(26)25-10-3-5-18(25)15-7-9-19-20(13-15)30-12-4-11-29-19/h6-9,13-14,18H,3-5,10-12H2,1-2H3. The number of ether oxygens (including phenoxy) is 2. The predicted molar refractivity (Wildman–Crippen MR) is 117 cm³/mol. The van der Waals surface area contributed by atoms with Crippen LogP contribution in [0.15, 0.2) is 41.3 Å². The SMILES string of the molecule is CN(C)S(=O)(=O)c1cc(C(=O)N2CCCC2c2ccc3c(c2)OCCCO3)ccc1Cl. The summed E-state index contributed by atoms with van der Waals surface area (Å²) in [7, 11) is -0.904. The Morgan fingerprint density at radius 1 is 1.06 bits per heavy atom. The van der Waals surface area contributed by atoms with Gasteiger partial charge in [-0.05, 0) is 48.7 Å². The second-order valence-corrected chi connectivity index (χ2v) is 10.4. The van der Waals surface area contributed by atoms with Crippen LogP contribution < -0.4 is 9.47 Å². The molecule has 1 saturated heterocycles. The number of sulfonamides is 1. The first kappa shape index (κ1) is 21.9. The number of likely N-dealkylation sites (tertiary alicyclic amines) is 1. The van der Waals surface area contributed by atoms with Gasteiger partial charge in [-0.1, -0.05) is 17.7 Å². The van der Waals surface area contributed by atoms with Gasteiger partial charge in [-0.15, -0.1) is 0 Å². The van der Waals surface area contributed by atoms with Crippen molar-refractivity contribution >= 4 is 27.5 Å².